The molecule has 6 nitrogen and oxygen atoms in total. The molecule has 3 rings (SSSR count). The third-order valence-corrected chi connectivity index (χ3v) is 5.52. The van der Waals surface area contributed by atoms with Crippen molar-refractivity contribution >= 4 is 10.0 Å². The van der Waals surface area contributed by atoms with Gasteiger partial charge in [0.1, 0.15) is 0 Å². The maximum atomic E-state index is 12.3. The lowest BCUT2D eigenvalue weighted by atomic mass is 10.2. The van der Waals surface area contributed by atoms with Crippen LogP contribution in [-0.2, 0) is 23.1 Å². The molecule has 0 saturated carbocycles. The van der Waals surface area contributed by atoms with Crippen molar-refractivity contribution in [2.45, 2.75) is 30.4 Å². The first kappa shape index (κ1) is 15.2. The molecule has 0 bridgehead atoms. The van der Waals surface area contributed by atoms with E-state index < -0.39 is 10.0 Å². The monoisotopic (exact) mass is 320 g/mol. The van der Waals surface area contributed by atoms with Crippen LogP contribution >= 0.6 is 0 Å². The fourth-order valence-corrected chi connectivity index (χ4v) is 3.81. The van der Waals surface area contributed by atoms with Crippen LogP contribution in [0.5, 0.6) is 0 Å². The number of sulfonamides is 1. The van der Waals surface area contributed by atoms with Crippen LogP contribution in [0.4, 0.5) is 0 Å². The van der Waals surface area contributed by atoms with Crippen molar-refractivity contribution in [2.24, 2.45) is 0 Å². The van der Waals surface area contributed by atoms with Crippen molar-refractivity contribution in [1.29, 1.82) is 0 Å². The lowest BCUT2D eigenvalue weighted by Gasteiger charge is -2.25. The first-order chi connectivity index (χ1) is 10.6. The summed E-state index contributed by atoms with van der Waals surface area (Å²) in [5.74, 6) is 0. The summed E-state index contributed by atoms with van der Waals surface area (Å²) < 4.78 is 29.3. The summed E-state index contributed by atoms with van der Waals surface area (Å²) >= 11 is 0. The summed E-state index contributed by atoms with van der Waals surface area (Å²) in [6.07, 6.45) is 2.67. The van der Waals surface area contributed by atoms with Gasteiger partial charge in [-0.2, -0.15) is 5.10 Å². The van der Waals surface area contributed by atoms with Crippen molar-refractivity contribution < 1.29 is 8.42 Å². The Kier molecular flexibility index (Phi) is 4.28. The van der Waals surface area contributed by atoms with E-state index in [9.17, 15) is 8.42 Å². The Morgan fingerprint density at radius 3 is 2.82 bits per heavy atom. The number of nitrogens with one attached hydrogen (secondary N) is 1. The highest BCUT2D eigenvalue weighted by Gasteiger charge is 2.23. The number of hydrogen-bond donors (Lipinski definition) is 1. The minimum absolute atomic E-state index is 0.153. The van der Waals surface area contributed by atoms with Gasteiger partial charge in [-0.3, -0.25) is 9.58 Å². The van der Waals surface area contributed by atoms with E-state index in [-0.39, 0.29) is 6.04 Å². The highest BCUT2D eigenvalue weighted by molar-refractivity contribution is 7.89. The zero-order chi connectivity index (χ0) is 15.6. The maximum Gasteiger partial charge on any atom is 0.240 e. The number of aryl methyl sites for hydroxylation is 1. The minimum Gasteiger partial charge on any atom is -0.296 e. The first-order valence-corrected chi connectivity index (χ1v) is 8.80. The standard InChI is InChI=1S/C15H20N4O2S/c1-18-12-14-7-9-16-19(14)10-8-13(18)11-17-22(20,21)15-5-3-2-4-6-15/h2-7,9,13,17H,8,10-12H2,1H3/t13-/m0/s1. The Morgan fingerprint density at radius 1 is 1.27 bits per heavy atom. The van der Waals surface area contributed by atoms with Crippen LogP contribution in [0.3, 0.4) is 0 Å². The van der Waals surface area contributed by atoms with Gasteiger partial charge in [0.15, 0.2) is 0 Å². The third kappa shape index (κ3) is 3.21. The molecule has 0 fully saturated rings. The van der Waals surface area contributed by atoms with Crippen molar-refractivity contribution in [2.75, 3.05) is 13.6 Å². The summed E-state index contributed by atoms with van der Waals surface area (Å²) in [6.45, 7) is 1.99. The quantitative estimate of drug-likeness (QED) is 0.915. The summed E-state index contributed by atoms with van der Waals surface area (Å²) in [7, 11) is -1.43. The van der Waals surface area contributed by atoms with Gasteiger partial charge in [-0.25, -0.2) is 13.1 Å². The van der Waals surface area contributed by atoms with Gasteiger partial charge >= 0.3 is 0 Å². The second kappa shape index (κ2) is 6.20. The maximum absolute atomic E-state index is 12.3. The molecule has 1 aromatic carbocycles. The Labute approximate surface area is 130 Å². The van der Waals surface area contributed by atoms with E-state index in [2.05, 4.69) is 14.7 Å². The smallest absolute Gasteiger partial charge is 0.240 e. The molecule has 0 amide bonds. The molecule has 22 heavy (non-hydrogen) atoms. The molecule has 1 aromatic heterocycles. The predicted molar refractivity (Wildman–Crippen MR) is 83.7 cm³/mol. The molecule has 0 radical (unpaired) electrons. The van der Waals surface area contributed by atoms with Crippen LogP contribution in [-0.4, -0.2) is 42.7 Å². The van der Waals surface area contributed by atoms with Crippen LogP contribution in [0.25, 0.3) is 0 Å². The predicted octanol–water partition coefficient (Wildman–Crippen LogP) is 1.07. The average Bonchev–Trinajstić information content (AvgIpc) is 2.89. The van der Waals surface area contributed by atoms with E-state index >= 15 is 0 Å². The van der Waals surface area contributed by atoms with Crippen molar-refractivity contribution in [3.8, 4) is 0 Å². The number of aromatic nitrogens is 2. The van der Waals surface area contributed by atoms with E-state index in [0.29, 0.717) is 11.4 Å². The molecular formula is C15H20N4O2S. The zero-order valence-electron chi connectivity index (χ0n) is 12.5. The molecule has 2 heterocycles. The summed E-state index contributed by atoms with van der Waals surface area (Å²) in [5.41, 5.74) is 1.16. The third-order valence-electron chi connectivity index (χ3n) is 4.08. The Bertz CT molecular complexity index is 727. The van der Waals surface area contributed by atoms with E-state index in [0.717, 1.165) is 25.2 Å². The van der Waals surface area contributed by atoms with Gasteiger partial charge in [-0.1, -0.05) is 18.2 Å². The molecule has 7 heteroatoms. The van der Waals surface area contributed by atoms with Gasteiger partial charge in [-0.05, 0) is 31.7 Å². The Balaban J connectivity index is 1.65. The van der Waals surface area contributed by atoms with Gasteiger partial charge in [0.2, 0.25) is 10.0 Å². The SMILES string of the molecule is CN1Cc2ccnn2CC[C@H]1CNS(=O)(=O)c1ccccc1. The van der Waals surface area contributed by atoms with Gasteiger partial charge in [0.25, 0.3) is 0 Å². The lowest BCUT2D eigenvalue weighted by Crippen LogP contribution is -2.41. The normalized spacial score (nSPS) is 19.6. The topological polar surface area (TPSA) is 67.2 Å². The van der Waals surface area contributed by atoms with Crippen molar-refractivity contribution in [3.63, 3.8) is 0 Å². The Hall–Kier alpha value is -1.70. The molecule has 0 unspecified atom stereocenters. The Morgan fingerprint density at radius 2 is 2.05 bits per heavy atom. The van der Waals surface area contributed by atoms with Gasteiger partial charge in [-0.15, -0.1) is 0 Å². The molecule has 0 aliphatic carbocycles. The van der Waals surface area contributed by atoms with Gasteiger partial charge < -0.3 is 0 Å². The average molecular weight is 320 g/mol. The molecule has 1 aliphatic rings. The van der Waals surface area contributed by atoms with E-state index in [1.807, 2.05) is 24.0 Å². The van der Waals surface area contributed by atoms with E-state index in [1.54, 1.807) is 30.3 Å². The lowest BCUT2D eigenvalue weighted by molar-refractivity contribution is 0.231. The number of fused-ring (bicyclic) bond motifs is 1. The highest BCUT2D eigenvalue weighted by Crippen LogP contribution is 2.15. The van der Waals surface area contributed by atoms with Crippen LogP contribution in [0.15, 0.2) is 47.5 Å². The van der Waals surface area contributed by atoms with Crippen LogP contribution in [0.2, 0.25) is 0 Å². The van der Waals surface area contributed by atoms with Crippen molar-refractivity contribution in [3.05, 3.63) is 48.3 Å². The fraction of sp³-hybridized carbons (Fsp3) is 0.400. The van der Waals surface area contributed by atoms with Crippen LogP contribution < -0.4 is 4.72 Å². The number of nitrogens with zero attached hydrogens (tertiary/aromatic N) is 3. The summed E-state index contributed by atoms with van der Waals surface area (Å²) in [5, 5.41) is 4.29. The number of rotatable bonds is 4. The number of hydrogen-bond acceptors (Lipinski definition) is 4. The van der Waals surface area contributed by atoms with E-state index in [1.165, 1.54) is 0 Å². The first-order valence-electron chi connectivity index (χ1n) is 7.32. The molecule has 1 N–H and O–H groups in total. The molecule has 0 saturated heterocycles. The number of benzene rings is 1. The van der Waals surface area contributed by atoms with Gasteiger partial charge in [0, 0.05) is 31.9 Å². The molecule has 0 spiro atoms. The summed E-state index contributed by atoms with van der Waals surface area (Å²) in [4.78, 5) is 2.48. The van der Waals surface area contributed by atoms with Crippen LogP contribution in [0, 0.1) is 0 Å². The zero-order valence-corrected chi connectivity index (χ0v) is 13.3. The van der Waals surface area contributed by atoms with Crippen molar-refractivity contribution in [1.82, 2.24) is 19.4 Å². The second-order valence-electron chi connectivity index (χ2n) is 5.57. The van der Waals surface area contributed by atoms with Crippen LogP contribution in [0.1, 0.15) is 12.1 Å². The highest BCUT2D eigenvalue weighted by atomic mass is 32.2. The molecule has 2 aromatic rings. The summed E-state index contributed by atoms with van der Waals surface area (Å²) in [6, 6.07) is 10.6. The van der Waals surface area contributed by atoms with Gasteiger partial charge in [0.05, 0.1) is 10.6 Å². The minimum atomic E-state index is -3.45. The molecule has 1 atom stereocenters. The fourth-order valence-electron chi connectivity index (χ4n) is 2.72. The molecular weight excluding hydrogens is 300 g/mol. The van der Waals surface area contributed by atoms with E-state index in [4.69, 9.17) is 0 Å². The second-order valence-corrected chi connectivity index (χ2v) is 7.34. The largest absolute Gasteiger partial charge is 0.296 e. The number of likely N-dealkylation sites (N-methyl/N-ethyl adjacent to an activating group) is 1. The molecule has 118 valence electrons. The molecule has 1 aliphatic heterocycles.